The highest BCUT2D eigenvalue weighted by atomic mass is 16.6. The molecule has 0 bridgehead atoms. The Morgan fingerprint density at radius 1 is 1.43 bits per heavy atom. The van der Waals surface area contributed by atoms with E-state index in [0.29, 0.717) is 6.54 Å². The van der Waals surface area contributed by atoms with Gasteiger partial charge in [0.1, 0.15) is 11.8 Å². The van der Waals surface area contributed by atoms with Crippen LogP contribution in [-0.4, -0.2) is 41.6 Å². The van der Waals surface area contributed by atoms with Crippen LogP contribution in [0.1, 0.15) is 19.8 Å². The molecular formula is C14H19N3O6. The number of nitrogens with one attached hydrogen (secondary N) is 2. The molecule has 126 valence electrons. The number of nitro groups is 1. The van der Waals surface area contributed by atoms with Crippen molar-refractivity contribution in [2.45, 2.75) is 25.8 Å². The van der Waals surface area contributed by atoms with Gasteiger partial charge in [-0.15, -0.1) is 0 Å². The number of rotatable bonds is 9. The lowest BCUT2D eigenvalue weighted by atomic mass is 10.2. The summed E-state index contributed by atoms with van der Waals surface area (Å²) < 4.78 is 5.03. The molecule has 9 nitrogen and oxygen atoms in total. The summed E-state index contributed by atoms with van der Waals surface area (Å²) >= 11 is 0. The summed E-state index contributed by atoms with van der Waals surface area (Å²) in [5.41, 5.74) is -0.0914. The summed E-state index contributed by atoms with van der Waals surface area (Å²) in [6.45, 7) is 2.34. The zero-order valence-electron chi connectivity index (χ0n) is 12.9. The molecule has 0 saturated carbocycles. The minimum absolute atomic E-state index is 0.117. The van der Waals surface area contributed by atoms with E-state index in [1.165, 1.54) is 19.2 Å². The SMILES string of the molecule is CCCNC(CC(=O)Nc1cc([N+](=O)[O-])ccc1OC)C(=O)O. The molecule has 1 unspecified atom stereocenters. The first-order valence-corrected chi connectivity index (χ1v) is 6.97. The van der Waals surface area contributed by atoms with E-state index in [4.69, 9.17) is 9.84 Å². The summed E-state index contributed by atoms with van der Waals surface area (Å²) in [4.78, 5) is 33.3. The van der Waals surface area contributed by atoms with Crippen molar-refractivity contribution in [2.75, 3.05) is 19.0 Å². The smallest absolute Gasteiger partial charge is 0.321 e. The monoisotopic (exact) mass is 325 g/mol. The van der Waals surface area contributed by atoms with E-state index >= 15 is 0 Å². The lowest BCUT2D eigenvalue weighted by molar-refractivity contribution is -0.384. The van der Waals surface area contributed by atoms with Crippen molar-refractivity contribution in [3.63, 3.8) is 0 Å². The van der Waals surface area contributed by atoms with Gasteiger partial charge in [0.2, 0.25) is 5.91 Å². The number of hydrogen-bond donors (Lipinski definition) is 3. The van der Waals surface area contributed by atoms with E-state index in [-0.39, 0.29) is 23.5 Å². The van der Waals surface area contributed by atoms with E-state index in [0.717, 1.165) is 12.5 Å². The first kappa shape index (κ1) is 18.4. The van der Waals surface area contributed by atoms with Crippen LogP contribution in [0, 0.1) is 10.1 Å². The minimum Gasteiger partial charge on any atom is -0.495 e. The minimum atomic E-state index is -1.14. The van der Waals surface area contributed by atoms with E-state index in [1.807, 2.05) is 6.92 Å². The second kappa shape index (κ2) is 8.69. The number of nitrogens with zero attached hydrogens (tertiary/aromatic N) is 1. The molecule has 0 saturated heterocycles. The molecule has 9 heteroatoms. The Morgan fingerprint density at radius 2 is 2.13 bits per heavy atom. The zero-order chi connectivity index (χ0) is 17.4. The van der Waals surface area contributed by atoms with Gasteiger partial charge in [-0.3, -0.25) is 19.7 Å². The molecule has 0 aliphatic rings. The van der Waals surface area contributed by atoms with Crippen LogP contribution in [0.5, 0.6) is 5.75 Å². The largest absolute Gasteiger partial charge is 0.495 e. The highest BCUT2D eigenvalue weighted by Gasteiger charge is 2.21. The van der Waals surface area contributed by atoms with Crippen molar-refractivity contribution in [1.82, 2.24) is 5.32 Å². The number of aliphatic carboxylic acids is 1. The maximum atomic E-state index is 12.0. The number of carboxylic acid groups (broad SMARTS) is 1. The van der Waals surface area contributed by atoms with Crippen molar-refractivity contribution in [1.29, 1.82) is 0 Å². The number of non-ortho nitro benzene ring substituents is 1. The van der Waals surface area contributed by atoms with Crippen LogP contribution >= 0.6 is 0 Å². The van der Waals surface area contributed by atoms with Gasteiger partial charge in [-0.25, -0.2) is 0 Å². The van der Waals surface area contributed by atoms with Crippen molar-refractivity contribution in [3.8, 4) is 5.75 Å². The van der Waals surface area contributed by atoms with Gasteiger partial charge in [0.15, 0.2) is 0 Å². The molecule has 1 amide bonds. The van der Waals surface area contributed by atoms with Gasteiger partial charge in [0.25, 0.3) is 5.69 Å². The molecule has 0 aromatic heterocycles. The third-order valence-electron chi connectivity index (χ3n) is 3.00. The Kier molecular flexibility index (Phi) is 6.94. The predicted octanol–water partition coefficient (Wildman–Crippen LogP) is 1.38. The fraction of sp³-hybridized carbons (Fsp3) is 0.429. The van der Waals surface area contributed by atoms with Crippen LogP contribution in [0.15, 0.2) is 18.2 Å². The second-order valence-electron chi connectivity index (χ2n) is 4.74. The summed E-state index contributed by atoms with van der Waals surface area (Å²) in [5.74, 6) is -1.48. The van der Waals surface area contributed by atoms with Gasteiger partial charge in [-0.1, -0.05) is 6.92 Å². The van der Waals surface area contributed by atoms with E-state index in [1.54, 1.807) is 0 Å². The summed E-state index contributed by atoms with van der Waals surface area (Å²) in [5, 5.41) is 25.1. The molecule has 0 radical (unpaired) electrons. The van der Waals surface area contributed by atoms with Gasteiger partial charge in [-0.05, 0) is 19.0 Å². The average molecular weight is 325 g/mol. The van der Waals surface area contributed by atoms with Crippen LogP contribution in [0.4, 0.5) is 11.4 Å². The molecule has 1 atom stereocenters. The van der Waals surface area contributed by atoms with E-state index in [9.17, 15) is 19.7 Å². The predicted molar refractivity (Wildman–Crippen MR) is 82.6 cm³/mol. The Balaban J connectivity index is 2.84. The third kappa shape index (κ3) is 5.55. The maximum Gasteiger partial charge on any atom is 0.321 e. The normalized spacial score (nSPS) is 11.6. The fourth-order valence-electron chi connectivity index (χ4n) is 1.86. The first-order valence-electron chi connectivity index (χ1n) is 6.97. The van der Waals surface area contributed by atoms with Crippen molar-refractivity contribution < 1.29 is 24.4 Å². The lowest BCUT2D eigenvalue weighted by Crippen LogP contribution is -2.40. The lowest BCUT2D eigenvalue weighted by Gasteiger charge is -2.14. The number of amides is 1. The Bertz CT molecular complexity index is 590. The molecule has 23 heavy (non-hydrogen) atoms. The van der Waals surface area contributed by atoms with Gasteiger partial charge in [0, 0.05) is 12.1 Å². The number of benzene rings is 1. The van der Waals surface area contributed by atoms with Crippen LogP contribution in [0.3, 0.4) is 0 Å². The Labute approximate surface area is 132 Å². The molecule has 0 fully saturated rings. The number of ether oxygens (including phenoxy) is 1. The quantitative estimate of drug-likeness (QED) is 0.462. The van der Waals surface area contributed by atoms with Crippen molar-refractivity contribution in [2.24, 2.45) is 0 Å². The molecule has 1 aromatic carbocycles. The Hall–Kier alpha value is -2.68. The number of hydrogen-bond acceptors (Lipinski definition) is 6. The fourth-order valence-corrected chi connectivity index (χ4v) is 1.86. The molecule has 1 aromatic rings. The van der Waals surface area contributed by atoms with Gasteiger partial charge in [0.05, 0.1) is 24.1 Å². The number of carboxylic acids is 1. The maximum absolute atomic E-state index is 12.0. The molecule has 0 aliphatic heterocycles. The number of nitro benzene ring substituents is 1. The van der Waals surface area contributed by atoms with E-state index < -0.39 is 22.8 Å². The van der Waals surface area contributed by atoms with Crippen molar-refractivity contribution in [3.05, 3.63) is 28.3 Å². The van der Waals surface area contributed by atoms with Crippen LogP contribution in [-0.2, 0) is 9.59 Å². The second-order valence-corrected chi connectivity index (χ2v) is 4.74. The number of carbonyl (C=O) groups excluding carboxylic acids is 1. The van der Waals surface area contributed by atoms with Crippen LogP contribution in [0.25, 0.3) is 0 Å². The number of methoxy groups -OCH3 is 1. The average Bonchev–Trinajstić information content (AvgIpc) is 2.50. The molecule has 1 rings (SSSR count). The van der Waals surface area contributed by atoms with Gasteiger partial charge >= 0.3 is 5.97 Å². The highest BCUT2D eigenvalue weighted by molar-refractivity contribution is 5.95. The number of anilines is 1. The van der Waals surface area contributed by atoms with Crippen LogP contribution < -0.4 is 15.4 Å². The first-order chi connectivity index (χ1) is 10.9. The number of carbonyl (C=O) groups is 2. The molecule has 0 spiro atoms. The highest BCUT2D eigenvalue weighted by Crippen LogP contribution is 2.28. The molecule has 0 heterocycles. The molecule has 0 aliphatic carbocycles. The molecule has 3 N–H and O–H groups in total. The van der Waals surface area contributed by atoms with Crippen LogP contribution in [0.2, 0.25) is 0 Å². The summed E-state index contributed by atoms with van der Waals surface area (Å²) in [7, 11) is 1.36. The Morgan fingerprint density at radius 3 is 2.65 bits per heavy atom. The van der Waals surface area contributed by atoms with Gasteiger partial charge in [-0.2, -0.15) is 0 Å². The standard InChI is InChI=1S/C14H19N3O6/c1-3-6-15-11(14(19)20)8-13(18)16-10-7-9(17(21)22)4-5-12(10)23-2/h4-5,7,11,15H,3,6,8H2,1-2H3,(H,16,18)(H,19,20). The summed E-state index contributed by atoms with van der Waals surface area (Å²) in [6.07, 6.45) is 0.422. The third-order valence-corrected chi connectivity index (χ3v) is 3.00. The van der Waals surface area contributed by atoms with Crippen molar-refractivity contribution >= 4 is 23.3 Å². The van der Waals surface area contributed by atoms with E-state index in [2.05, 4.69) is 10.6 Å². The summed E-state index contributed by atoms with van der Waals surface area (Å²) in [6, 6.07) is 2.74. The zero-order valence-corrected chi connectivity index (χ0v) is 12.9. The topological polar surface area (TPSA) is 131 Å². The van der Waals surface area contributed by atoms with Gasteiger partial charge < -0.3 is 20.5 Å². The molecular weight excluding hydrogens is 306 g/mol.